The summed E-state index contributed by atoms with van der Waals surface area (Å²) >= 11 is 0. The van der Waals surface area contributed by atoms with Crippen LogP contribution in [0.5, 0.6) is 0 Å². The minimum Gasteiger partial charge on any atom is -0.462 e. The molecule has 92 valence electrons. The number of hydrogen-bond donors (Lipinski definition) is 0. The van der Waals surface area contributed by atoms with Gasteiger partial charge < -0.3 is 9.64 Å². The Morgan fingerprint density at radius 2 is 1.94 bits per heavy atom. The molecule has 0 amide bonds. The summed E-state index contributed by atoms with van der Waals surface area (Å²) in [6.45, 7) is 3.76. The Balaban J connectivity index is 1.84. The zero-order valence-electron chi connectivity index (χ0n) is 10.3. The van der Waals surface area contributed by atoms with Gasteiger partial charge in [0.2, 0.25) is 0 Å². The van der Waals surface area contributed by atoms with Crippen molar-refractivity contribution >= 4 is 11.7 Å². The smallest absolute Gasteiger partial charge is 0.305 e. The highest BCUT2D eigenvalue weighted by Gasteiger charge is 2.21. The third-order valence-corrected chi connectivity index (χ3v) is 3.15. The predicted molar refractivity (Wildman–Crippen MR) is 68.1 cm³/mol. The fraction of sp³-hybridized carbons (Fsp3) is 0.500. The lowest BCUT2D eigenvalue weighted by atomic mass is 10.1. The molecule has 0 aromatic heterocycles. The molecular weight excluding hydrogens is 214 g/mol. The normalized spacial score (nSPS) is 16.9. The van der Waals surface area contributed by atoms with Gasteiger partial charge in [-0.25, -0.2) is 0 Å². The number of rotatable bonds is 3. The number of nitrogens with zero attached hydrogens (tertiary/aromatic N) is 1. The van der Waals surface area contributed by atoms with E-state index in [4.69, 9.17) is 4.74 Å². The van der Waals surface area contributed by atoms with Crippen LogP contribution in [0.15, 0.2) is 30.3 Å². The summed E-state index contributed by atoms with van der Waals surface area (Å²) in [5, 5.41) is 0. The van der Waals surface area contributed by atoms with Gasteiger partial charge in [-0.05, 0) is 12.1 Å². The highest BCUT2D eigenvalue weighted by atomic mass is 16.5. The fourth-order valence-electron chi connectivity index (χ4n) is 2.14. The molecule has 1 saturated heterocycles. The molecule has 17 heavy (non-hydrogen) atoms. The third kappa shape index (κ3) is 3.22. The molecule has 3 nitrogen and oxygen atoms in total. The molecule has 0 radical (unpaired) electrons. The first-order valence-corrected chi connectivity index (χ1v) is 6.29. The maximum atomic E-state index is 11.2. The fourth-order valence-corrected chi connectivity index (χ4v) is 2.14. The molecule has 0 N–H and O–H groups in total. The Bertz CT molecular complexity index is 356. The largest absolute Gasteiger partial charge is 0.462 e. The molecule has 0 atom stereocenters. The van der Waals surface area contributed by atoms with E-state index in [0.717, 1.165) is 25.9 Å². The SMILES string of the molecule is CCC(=O)OC1CCN(c2ccccc2)CC1. The first-order chi connectivity index (χ1) is 8.29. The lowest BCUT2D eigenvalue weighted by molar-refractivity contribution is -0.149. The molecule has 1 aromatic rings. The number of carbonyl (C=O) groups is 1. The molecule has 0 saturated carbocycles. The highest BCUT2D eigenvalue weighted by Crippen LogP contribution is 2.21. The van der Waals surface area contributed by atoms with E-state index >= 15 is 0 Å². The summed E-state index contributed by atoms with van der Waals surface area (Å²) in [5.41, 5.74) is 1.26. The van der Waals surface area contributed by atoms with Crippen molar-refractivity contribution in [3.63, 3.8) is 0 Å². The monoisotopic (exact) mass is 233 g/mol. The molecule has 1 aliphatic rings. The molecule has 1 aliphatic heterocycles. The second-order valence-corrected chi connectivity index (χ2v) is 4.37. The van der Waals surface area contributed by atoms with E-state index in [2.05, 4.69) is 29.2 Å². The van der Waals surface area contributed by atoms with Gasteiger partial charge in [0, 0.05) is 38.0 Å². The van der Waals surface area contributed by atoms with Crippen molar-refractivity contribution in [2.75, 3.05) is 18.0 Å². The molecule has 0 aliphatic carbocycles. The second kappa shape index (κ2) is 5.71. The van der Waals surface area contributed by atoms with Gasteiger partial charge in [0.05, 0.1) is 0 Å². The lowest BCUT2D eigenvalue weighted by Crippen LogP contribution is -2.37. The number of para-hydroxylation sites is 1. The van der Waals surface area contributed by atoms with Crippen LogP contribution in [-0.4, -0.2) is 25.2 Å². The van der Waals surface area contributed by atoms with Gasteiger partial charge in [-0.3, -0.25) is 4.79 Å². The number of anilines is 1. The van der Waals surface area contributed by atoms with Crippen molar-refractivity contribution in [1.29, 1.82) is 0 Å². The lowest BCUT2D eigenvalue weighted by Gasteiger charge is -2.33. The molecule has 0 unspecified atom stereocenters. The van der Waals surface area contributed by atoms with Gasteiger partial charge in [-0.2, -0.15) is 0 Å². The average Bonchev–Trinajstić information content (AvgIpc) is 2.40. The number of benzene rings is 1. The molecule has 0 spiro atoms. The first-order valence-electron chi connectivity index (χ1n) is 6.29. The number of ether oxygens (including phenoxy) is 1. The molecule has 1 heterocycles. The van der Waals surface area contributed by atoms with Crippen LogP contribution < -0.4 is 4.90 Å². The van der Waals surface area contributed by atoms with Crippen LogP contribution >= 0.6 is 0 Å². The van der Waals surface area contributed by atoms with E-state index in [-0.39, 0.29) is 12.1 Å². The number of piperidine rings is 1. The summed E-state index contributed by atoms with van der Waals surface area (Å²) < 4.78 is 5.36. The zero-order chi connectivity index (χ0) is 12.1. The second-order valence-electron chi connectivity index (χ2n) is 4.37. The van der Waals surface area contributed by atoms with Crippen molar-refractivity contribution in [3.8, 4) is 0 Å². The Labute approximate surface area is 102 Å². The van der Waals surface area contributed by atoms with E-state index in [9.17, 15) is 4.79 Å². The average molecular weight is 233 g/mol. The van der Waals surface area contributed by atoms with Gasteiger partial charge in [0.25, 0.3) is 0 Å². The van der Waals surface area contributed by atoms with E-state index in [1.165, 1.54) is 5.69 Å². The number of carbonyl (C=O) groups excluding carboxylic acids is 1. The summed E-state index contributed by atoms with van der Waals surface area (Å²) in [4.78, 5) is 13.5. The van der Waals surface area contributed by atoms with Crippen LogP contribution in [0.3, 0.4) is 0 Å². The van der Waals surface area contributed by atoms with Gasteiger partial charge in [-0.1, -0.05) is 25.1 Å². The Morgan fingerprint density at radius 3 is 2.53 bits per heavy atom. The van der Waals surface area contributed by atoms with Crippen molar-refractivity contribution in [2.24, 2.45) is 0 Å². The van der Waals surface area contributed by atoms with Crippen LogP contribution in [0.4, 0.5) is 5.69 Å². The Hall–Kier alpha value is -1.51. The summed E-state index contributed by atoms with van der Waals surface area (Å²) in [5.74, 6) is -0.0804. The number of hydrogen-bond acceptors (Lipinski definition) is 3. The first kappa shape index (κ1) is 12.0. The van der Waals surface area contributed by atoms with Gasteiger partial charge in [0.1, 0.15) is 6.10 Å². The van der Waals surface area contributed by atoms with Crippen LogP contribution in [-0.2, 0) is 9.53 Å². The maximum absolute atomic E-state index is 11.2. The minimum absolute atomic E-state index is 0.0804. The van der Waals surface area contributed by atoms with Crippen LogP contribution in [0.25, 0.3) is 0 Å². The van der Waals surface area contributed by atoms with E-state index in [1.807, 2.05) is 13.0 Å². The Morgan fingerprint density at radius 1 is 1.29 bits per heavy atom. The van der Waals surface area contributed by atoms with Crippen molar-refractivity contribution in [1.82, 2.24) is 0 Å². The minimum atomic E-state index is -0.0804. The highest BCUT2D eigenvalue weighted by molar-refractivity contribution is 5.69. The summed E-state index contributed by atoms with van der Waals surface area (Å²) in [6, 6.07) is 10.4. The quantitative estimate of drug-likeness (QED) is 0.752. The van der Waals surface area contributed by atoms with Gasteiger partial charge in [0.15, 0.2) is 0 Å². The van der Waals surface area contributed by atoms with E-state index < -0.39 is 0 Å². The van der Waals surface area contributed by atoms with Crippen LogP contribution in [0, 0.1) is 0 Å². The van der Waals surface area contributed by atoms with E-state index in [0.29, 0.717) is 6.42 Å². The topological polar surface area (TPSA) is 29.5 Å². The molecule has 3 heteroatoms. The van der Waals surface area contributed by atoms with Crippen molar-refractivity contribution in [3.05, 3.63) is 30.3 Å². The molecule has 0 bridgehead atoms. The molecule has 2 rings (SSSR count). The van der Waals surface area contributed by atoms with Gasteiger partial charge >= 0.3 is 5.97 Å². The third-order valence-electron chi connectivity index (χ3n) is 3.15. The standard InChI is InChI=1S/C14H19NO2/c1-2-14(16)17-13-8-10-15(11-9-13)12-6-4-3-5-7-12/h3-7,13H,2,8-11H2,1H3. The zero-order valence-corrected chi connectivity index (χ0v) is 10.3. The molecule has 1 fully saturated rings. The molecular formula is C14H19NO2. The Kier molecular flexibility index (Phi) is 4.02. The van der Waals surface area contributed by atoms with Crippen LogP contribution in [0.1, 0.15) is 26.2 Å². The number of esters is 1. The summed E-state index contributed by atoms with van der Waals surface area (Å²) in [6.07, 6.45) is 2.45. The van der Waals surface area contributed by atoms with Crippen molar-refractivity contribution < 1.29 is 9.53 Å². The van der Waals surface area contributed by atoms with Gasteiger partial charge in [-0.15, -0.1) is 0 Å². The predicted octanol–water partition coefficient (Wildman–Crippen LogP) is 2.61. The van der Waals surface area contributed by atoms with E-state index in [1.54, 1.807) is 0 Å². The summed E-state index contributed by atoms with van der Waals surface area (Å²) in [7, 11) is 0. The maximum Gasteiger partial charge on any atom is 0.305 e. The van der Waals surface area contributed by atoms with Crippen molar-refractivity contribution in [2.45, 2.75) is 32.3 Å². The molecule has 1 aromatic carbocycles. The van der Waals surface area contributed by atoms with Crippen LogP contribution in [0.2, 0.25) is 0 Å².